The van der Waals surface area contributed by atoms with Gasteiger partial charge >= 0.3 is 0 Å². The van der Waals surface area contributed by atoms with Gasteiger partial charge < -0.3 is 10.1 Å². The van der Waals surface area contributed by atoms with Gasteiger partial charge in [0.05, 0.1) is 4.92 Å². The van der Waals surface area contributed by atoms with E-state index in [0.29, 0.717) is 9.88 Å². The van der Waals surface area contributed by atoms with Crippen molar-refractivity contribution in [1.82, 2.24) is 4.90 Å². The van der Waals surface area contributed by atoms with E-state index in [0.717, 1.165) is 4.74 Å². The van der Waals surface area contributed by atoms with Gasteiger partial charge in [-0.15, -0.1) is 0 Å². The fourth-order valence-corrected chi connectivity index (χ4v) is 3.72. The van der Waals surface area contributed by atoms with Gasteiger partial charge in [0.2, 0.25) is 5.37 Å². The molecule has 0 spiro atoms. The van der Waals surface area contributed by atoms with Gasteiger partial charge in [0.1, 0.15) is 9.86 Å². The van der Waals surface area contributed by atoms with Gasteiger partial charge in [-0.05, 0) is 31.7 Å². The summed E-state index contributed by atoms with van der Waals surface area (Å²) in [6.45, 7) is 3.88. The number of hydrogen-bond acceptors (Lipinski definition) is 5. The molecule has 1 aliphatic rings. The third-order valence-electron chi connectivity index (χ3n) is 3.54. The summed E-state index contributed by atoms with van der Waals surface area (Å²) in [4.78, 5) is 12.2. The minimum atomic E-state index is -0.482. The van der Waals surface area contributed by atoms with Crippen molar-refractivity contribution in [3.8, 4) is 0 Å². The second-order valence-corrected chi connectivity index (χ2v) is 7.00. The van der Waals surface area contributed by atoms with Gasteiger partial charge in [-0.3, -0.25) is 10.1 Å². The van der Waals surface area contributed by atoms with E-state index in [1.54, 1.807) is 12.1 Å². The van der Waals surface area contributed by atoms with Crippen LogP contribution in [0.25, 0.3) is 0 Å². The molecule has 0 saturated carbocycles. The van der Waals surface area contributed by atoms with Crippen molar-refractivity contribution < 1.29 is 9.66 Å². The minimum Gasteiger partial charge on any atom is -0.623 e. The Labute approximate surface area is 132 Å². The van der Waals surface area contributed by atoms with Crippen LogP contribution in [0.5, 0.6) is 0 Å². The van der Waals surface area contributed by atoms with Crippen molar-refractivity contribution in [3.05, 3.63) is 45.2 Å². The third kappa shape index (κ3) is 3.01. The van der Waals surface area contributed by atoms with Gasteiger partial charge in [-0.1, -0.05) is 18.3 Å². The van der Waals surface area contributed by atoms with Crippen LogP contribution in [0.3, 0.4) is 0 Å². The van der Waals surface area contributed by atoms with E-state index >= 15 is 0 Å². The molecule has 1 aliphatic heterocycles. The molecule has 0 bridgehead atoms. The molecule has 1 aromatic carbocycles. The lowest BCUT2D eigenvalue weighted by Crippen LogP contribution is -2.47. The van der Waals surface area contributed by atoms with Crippen molar-refractivity contribution in [2.75, 3.05) is 7.05 Å². The van der Waals surface area contributed by atoms with E-state index in [2.05, 4.69) is 0 Å². The molecule has 0 N–H and O–H groups in total. The van der Waals surface area contributed by atoms with Crippen LogP contribution in [0.1, 0.15) is 19.4 Å². The van der Waals surface area contributed by atoms with E-state index in [9.17, 15) is 15.3 Å². The molecule has 21 heavy (non-hydrogen) atoms. The molecular formula is C13H15N3O3S2. The first kappa shape index (κ1) is 15.7. The molecule has 1 heterocycles. The molecule has 0 amide bonds. The Morgan fingerprint density at radius 3 is 2.62 bits per heavy atom. The maximum atomic E-state index is 12.4. The first-order valence-corrected chi connectivity index (χ1v) is 7.51. The largest absolute Gasteiger partial charge is 0.623 e. The van der Waals surface area contributed by atoms with Crippen LogP contribution in [0, 0.1) is 15.3 Å². The highest BCUT2D eigenvalue weighted by atomic mass is 32.2. The van der Waals surface area contributed by atoms with Crippen molar-refractivity contribution in [2.45, 2.75) is 24.8 Å². The zero-order valence-electron chi connectivity index (χ0n) is 11.8. The van der Waals surface area contributed by atoms with Gasteiger partial charge in [0.15, 0.2) is 6.21 Å². The van der Waals surface area contributed by atoms with Crippen LogP contribution >= 0.6 is 24.0 Å². The molecule has 112 valence electrons. The number of nitro groups is 1. The van der Waals surface area contributed by atoms with Gasteiger partial charge in [0.25, 0.3) is 5.69 Å². The van der Waals surface area contributed by atoms with Gasteiger partial charge in [0, 0.05) is 24.7 Å². The Morgan fingerprint density at radius 2 is 2.10 bits per heavy atom. The minimum absolute atomic E-state index is 0.0388. The molecule has 1 fully saturated rings. The smallest absolute Gasteiger partial charge is 0.270 e. The Hall–Kier alpha value is -1.67. The second kappa shape index (κ2) is 5.61. The highest BCUT2D eigenvalue weighted by molar-refractivity contribution is 8.23. The fraction of sp³-hybridized carbons (Fsp3) is 0.385. The van der Waals surface area contributed by atoms with Crippen LogP contribution in [0.2, 0.25) is 0 Å². The van der Waals surface area contributed by atoms with E-state index in [-0.39, 0.29) is 5.69 Å². The SMILES string of the molecule is CN1C(=S)SC(/[N+]([O-])=C\c2cccc([N+](=O)[O-])c2)C1(C)C. The lowest BCUT2D eigenvalue weighted by molar-refractivity contribution is -0.480. The first-order chi connectivity index (χ1) is 9.73. The Bertz CT molecular complexity index is 631. The van der Waals surface area contributed by atoms with Gasteiger partial charge in [-0.25, -0.2) is 0 Å². The van der Waals surface area contributed by atoms with Crippen LogP contribution < -0.4 is 0 Å². The summed E-state index contributed by atoms with van der Waals surface area (Å²) in [5, 5.41) is 22.7. The summed E-state index contributed by atoms with van der Waals surface area (Å²) in [7, 11) is 1.86. The van der Waals surface area contributed by atoms with Crippen LogP contribution in [0.4, 0.5) is 5.69 Å². The number of hydroxylamine groups is 1. The van der Waals surface area contributed by atoms with Crippen molar-refractivity contribution in [2.24, 2.45) is 0 Å². The Morgan fingerprint density at radius 1 is 1.43 bits per heavy atom. The molecule has 1 saturated heterocycles. The fourth-order valence-electron chi connectivity index (χ4n) is 2.02. The summed E-state index contributed by atoms with van der Waals surface area (Å²) in [5.74, 6) is 0. The summed E-state index contributed by atoms with van der Waals surface area (Å²) in [5.41, 5.74) is 0.0416. The second-order valence-electron chi connectivity index (χ2n) is 5.29. The predicted octanol–water partition coefficient (Wildman–Crippen LogP) is 2.59. The van der Waals surface area contributed by atoms with E-state index in [4.69, 9.17) is 12.2 Å². The summed E-state index contributed by atoms with van der Waals surface area (Å²) >= 11 is 6.55. The number of hydrogen-bond donors (Lipinski definition) is 0. The third-order valence-corrected chi connectivity index (χ3v) is 5.59. The number of non-ortho nitro benzene ring substituents is 1. The Balaban J connectivity index is 2.32. The van der Waals surface area contributed by atoms with E-state index < -0.39 is 15.8 Å². The molecule has 1 atom stereocenters. The average Bonchev–Trinajstić information content (AvgIpc) is 2.62. The normalized spacial score (nSPS) is 21.7. The maximum Gasteiger partial charge on any atom is 0.270 e. The van der Waals surface area contributed by atoms with Crippen molar-refractivity contribution in [3.63, 3.8) is 0 Å². The van der Waals surface area contributed by atoms with Crippen LogP contribution in [-0.2, 0) is 0 Å². The first-order valence-electron chi connectivity index (χ1n) is 6.22. The molecule has 0 aromatic heterocycles. The lowest BCUT2D eigenvalue weighted by atomic mass is 10.0. The highest BCUT2D eigenvalue weighted by Gasteiger charge is 2.48. The maximum absolute atomic E-state index is 12.4. The molecular weight excluding hydrogens is 310 g/mol. The zero-order valence-corrected chi connectivity index (χ0v) is 13.5. The number of thioether (sulfide) groups is 1. The standard InChI is InChI=1S/C13H15N3O3S2/c1-13(2)11(21-12(20)14(13)3)15(17)8-9-5-4-6-10(7-9)16(18)19/h4-8,11H,1-3H3/b15-8+. The summed E-state index contributed by atoms with van der Waals surface area (Å²) in [6.07, 6.45) is 1.37. The number of nitrogens with zero attached hydrogens (tertiary/aromatic N) is 3. The summed E-state index contributed by atoms with van der Waals surface area (Å²) in [6, 6.07) is 5.98. The molecule has 0 radical (unpaired) electrons. The van der Waals surface area contributed by atoms with E-state index in [1.807, 2.05) is 25.8 Å². The number of thiocarbonyl (C=S) groups is 1. The number of benzene rings is 1. The molecule has 1 aromatic rings. The quantitative estimate of drug-likeness (QED) is 0.212. The molecule has 0 aliphatic carbocycles. The van der Waals surface area contributed by atoms with E-state index in [1.165, 1.54) is 30.1 Å². The van der Waals surface area contributed by atoms with Crippen molar-refractivity contribution in [1.29, 1.82) is 0 Å². The summed E-state index contributed by atoms with van der Waals surface area (Å²) < 4.78 is 1.48. The molecule has 2 rings (SSSR count). The average molecular weight is 325 g/mol. The molecule has 8 heteroatoms. The monoisotopic (exact) mass is 325 g/mol. The molecule has 6 nitrogen and oxygen atoms in total. The van der Waals surface area contributed by atoms with Crippen molar-refractivity contribution >= 4 is 40.2 Å². The number of rotatable bonds is 3. The van der Waals surface area contributed by atoms with Gasteiger partial charge in [-0.2, -0.15) is 4.74 Å². The zero-order chi connectivity index (χ0) is 15.8. The van der Waals surface area contributed by atoms with Crippen LogP contribution in [0.15, 0.2) is 24.3 Å². The van der Waals surface area contributed by atoms with Crippen LogP contribution in [-0.4, -0.2) is 43.1 Å². The lowest BCUT2D eigenvalue weighted by Gasteiger charge is -2.30. The predicted molar refractivity (Wildman–Crippen MR) is 87.7 cm³/mol. The number of nitro benzene ring substituents is 1. The highest BCUT2D eigenvalue weighted by Crippen LogP contribution is 2.38. The number of likely N-dealkylation sites (N-methyl/N-ethyl adjacent to an activating group) is 1. The topological polar surface area (TPSA) is 72.5 Å². The molecule has 1 unspecified atom stereocenters. The Kier molecular flexibility index (Phi) is 4.20.